The Balaban J connectivity index is 2.25. The third-order valence-corrected chi connectivity index (χ3v) is 3.50. The topological polar surface area (TPSA) is 49.8 Å². The van der Waals surface area contributed by atoms with Gasteiger partial charge in [0.05, 0.1) is 10.7 Å². The summed E-state index contributed by atoms with van der Waals surface area (Å²) in [5, 5.41) is 7.27. The second-order valence-electron chi connectivity index (χ2n) is 4.30. The fourth-order valence-corrected chi connectivity index (χ4v) is 2.25. The first-order valence-electron chi connectivity index (χ1n) is 6.51. The number of aromatic nitrogens is 2. The van der Waals surface area contributed by atoms with E-state index in [1.807, 2.05) is 6.26 Å². The highest BCUT2D eigenvalue weighted by Crippen LogP contribution is 2.27. The molecular formula is C14H16ClFN4S. The van der Waals surface area contributed by atoms with Crippen molar-refractivity contribution in [1.82, 2.24) is 9.97 Å². The second-order valence-corrected chi connectivity index (χ2v) is 5.48. The highest BCUT2D eigenvalue weighted by molar-refractivity contribution is 7.98. The van der Waals surface area contributed by atoms with E-state index in [9.17, 15) is 4.39 Å². The van der Waals surface area contributed by atoms with Crippen LogP contribution in [0.4, 0.5) is 21.7 Å². The molecule has 0 saturated heterocycles. The van der Waals surface area contributed by atoms with Crippen molar-refractivity contribution in [2.45, 2.75) is 18.5 Å². The van der Waals surface area contributed by atoms with Gasteiger partial charge < -0.3 is 10.6 Å². The maximum absolute atomic E-state index is 13.1. The molecule has 2 aromatic rings. The number of rotatable bonds is 6. The first-order chi connectivity index (χ1) is 10.1. The lowest BCUT2D eigenvalue weighted by Crippen LogP contribution is -2.05. The number of halogens is 2. The van der Waals surface area contributed by atoms with Gasteiger partial charge >= 0.3 is 0 Å². The molecule has 2 rings (SSSR count). The van der Waals surface area contributed by atoms with Crippen molar-refractivity contribution in [2.24, 2.45) is 0 Å². The van der Waals surface area contributed by atoms with Gasteiger partial charge in [0.1, 0.15) is 17.5 Å². The summed E-state index contributed by atoms with van der Waals surface area (Å²) in [5.74, 6) is 0.988. The molecule has 0 unspecified atom stereocenters. The maximum atomic E-state index is 13.1. The molecule has 0 saturated carbocycles. The molecule has 1 aromatic heterocycles. The van der Waals surface area contributed by atoms with Crippen molar-refractivity contribution >= 4 is 40.7 Å². The van der Waals surface area contributed by atoms with Crippen LogP contribution in [0.2, 0.25) is 5.02 Å². The zero-order valence-corrected chi connectivity index (χ0v) is 13.4. The van der Waals surface area contributed by atoms with Crippen LogP contribution in [-0.4, -0.2) is 22.8 Å². The average molecular weight is 327 g/mol. The summed E-state index contributed by atoms with van der Waals surface area (Å²) in [6.07, 6.45) is 2.92. The molecule has 0 aliphatic rings. The lowest BCUT2D eigenvalue weighted by molar-refractivity contribution is 0.628. The fraction of sp³-hybridized carbons (Fsp3) is 0.286. The Bertz CT molecular complexity index is 624. The first-order valence-corrected chi connectivity index (χ1v) is 8.11. The van der Waals surface area contributed by atoms with E-state index in [0.717, 1.165) is 18.8 Å². The Morgan fingerprint density at radius 1 is 1.24 bits per heavy atom. The smallest absolute Gasteiger partial charge is 0.191 e. The van der Waals surface area contributed by atoms with E-state index in [0.29, 0.717) is 21.7 Å². The van der Waals surface area contributed by atoms with Gasteiger partial charge in [-0.15, -0.1) is 0 Å². The summed E-state index contributed by atoms with van der Waals surface area (Å²) in [4.78, 5) is 8.74. The number of hydrogen-bond acceptors (Lipinski definition) is 5. The van der Waals surface area contributed by atoms with Crippen LogP contribution < -0.4 is 10.6 Å². The molecule has 0 amide bonds. The standard InChI is InChI=1S/C14H16ClFN4S/c1-3-6-17-12-8-13(20-14(19-12)21-2)18-11-5-4-9(16)7-10(11)15/h4-5,7-8H,3,6H2,1-2H3,(H2,17,18,19,20). The number of hydrogen-bond donors (Lipinski definition) is 2. The van der Waals surface area contributed by atoms with E-state index < -0.39 is 0 Å². The molecule has 1 aromatic carbocycles. The van der Waals surface area contributed by atoms with E-state index >= 15 is 0 Å². The molecule has 0 radical (unpaired) electrons. The van der Waals surface area contributed by atoms with Crippen LogP contribution in [0, 0.1) is 5.82 Å². The minimum absolute atomic E-state index is 0.308. The van der Waals surface area contributed by atoms with Gasteiger partial charge in [0.25, 0.3) is 0 Å². The van der Waals surface area contributed by atoms with Crippen LogP contribution >= 0.6 is 23.4 Å². The van der Waals surface area contributed by atoms with Crippen LogP contribution in [0.3, 0.4) is 0 Å². The quantitative estimate of drug-likeness (QED) is 0.602. The highest BCUT2D eigenvalue weighted by atomic mass is 35.5. The Kier molecular flexibility index (Phi) is 5.64. The van der Waals surface area contributed by atoms with Gasteiger partial charge in [0, 0.05) is 12.6 Å². The van der Waals surface area contributed by atoms with E-state index in [2.05, 4.69) is 27.5 Å². The number of nitrogens with one attached hydrogen (secondary N) is 2. The molecule has 21 heavy (non-hydrogen) atoms. The zero-order valence-electron chi connectivity index (χ0n) is 11.8. The first kappa shape index (κ1) is 15.9. The molecule has 4 nitrogen and oxygen atoms in total. The normalized spacial score (nSPS) is 10.5. The Morgan fingerprint density at radius 3 is 2.67 bits per heavy atom. The number of nitrogens with zero attached hydrogens (tertiary/aromatic N) is 2. The van der Waals surface area contributed by atoms with E-state index in [1.54, 1.807) is 12.1 Å². The van der Waals surface area contributed by atoms with Crippen molar-refractivity contribution in [3.8, 4) is 0 Å². The Labute approximate surface area is 132 Å². The van der Waals surface area contributed by atoms with Crippen molar-refractivity contribution in [2.75, 3.05) is 23.4 Å². The molecule has 0 aliphatic heterocycles. The summed E-state index contributed by atoms with van der Waals surface area (Å²) in [6.45, 7) is 2.92. The molecule has 0 bridgehead atoms. The molecule has 7 heteroatoms. The molecule has 0 spiro atoms. The number of benzene rings is 1. The van der Waals surface area contributed by atoms with Gasteiger partial charge in [0.15, 0.2) is 5.16 Å². The molecule has 112 valence electrons. The molecule has 2 N–H and O–H groups in total. The third kappa shape index (κ3) is 4.47. The molecular weight excluding hydrogens is 311 g/mol. The van der Waals surface area contributed by atoms with Gasteiger partial charge in [-0.05, 0) is 30.9 Å². The summed E-state index contributed by atoms with van der Waals surface area (Å²) >= 11 is 7.46. The maximum Gasteiger partial charge on any atom is 0.191 e. The third-order valence-electron chi connectivity index (χ3n) is 2.64. The summed E-state index contributed by atoms with van der Waals surface area (Å²) in [6, 6.07) is 5.99. The Hall–Kier alpha value is -1.53. The predicted molar refractivity (Wildman–Crippen MR) is 87.3 cm³/mol. The predicted octanol–water partition coefficient (Wildman–Crippen LogP) is 4.56. The molecule has 0 atom stereocenters. The van der Waals surface area contributed by atoms with Crippen LogP contribution in [0.1, 0.15) is 13.3 Å². The van der Waals surface area contributed by atoms with Crippen molar-refractivity contribution in [1.29, 1.82) is 0 Å². The summed E-state index contributed by atoms with van der Waals surface area (Å²) < 4.78 is 13.1. The van der Waals surface area contributed by atoms with Crippen LogP contribution in [-0.2, 0) is 0 Å². The van der Waals surface area contributed by atoms with Crippen LogP contribution in [0.5, 0.6) is 0 Å². The van der Waals surface area contributed by atoms with Crippen LogP contribution in [0.25, 0.3) is 0 Å². The lowest BCUT2D eigenvalue weighted by Gasteiger charge is -2.11. The van der Waals surface area contributed by atoms with Crippen LogP contribution in [0.15, 0.2) is 29.4 Å². The number of anilines is 3. The van der Waals surface area contributed by atoms with Crippen molar-refractivity contribution in [3.63, 3.8) is 0 Å². The molecule has 0 fully saturated rings. The molecule has 0 aliphatic carbocycles. The summed E-state index contributed by atoms with van der Waals surface area (Å²) in [7, 11) is 0. The fourth-order valence-electron chi connectivity index (χ4n) is 1.65. The largest absolute Gasteiger partial charge is 0.370 e. The van der Waals surface area contributed by atoms with E-state index in [4.69, 9.17) is 11.6 Å². The monoisotopic (exact) mass is 326 g/mol. The van der Waals surface area contributed by atoms with Gasteiger partial charge in [-0.25, -0.2) is 14.4 Å². The van der Waals surface area contributed by atoms with Gasteiger partial charge in [-0.1, -0.05) is 30.3 Å². The zero-order chi connectivity index (χ0) is 15.2. The lowest BCUT2D eigenvalue weighted by atomic mass is 10.3. The average Bonchev–Trinajstić information content (AvgIpc) is 2.48. The van der Waals surface area contributed by atoms with Crippen molar-refractivity contribution in [3.05, 3.63) is 35.1 Å². The van der Waals surface area contributed by atoms with Gasteiger partial charge in [0.2, 0.25) is 0 Å². The van der Waals surface area contributed by atoms with E-state index in [-0.39, 0.29) is 5.82 Å². The highest BCUT2D eigenvalue weighted by Gasteiger charge is 2.07. The Morgan fingerprint density at radius 2 is 2.00 bits per heavy atom. The van der Waals surface area contributed by atoms with Gasteiger partial charge in [-0.2, -0.15) is 0 Å². The minimum atomic E-state index is -0.372. The second kappa shape index (κ2) is 7.47. The summed E-state index contributed by atoms with van der Waals surface area (Å²) in [5.41, 5.74) is 0.602. The number of thioether (sulfide) groups is 1. The molecule has 1 heterocycles. The van der Waals surface area contributed by atoms with Gasteiger partial charge in [-0.3, -0.25) is 0 Å². The SMILES string of the molecule is CCCNc1cc(Nc2ccc(F)cc2Cl)nc(SC)n1. The van der Waals surface area contributed by atoms with Crippen molar-refractivity contribution < 1.29 is 4.39 Å². The minimum Gasteiger partial charge on any atom is -0.370 e. The van der Waals surface area contributed by atoms with E-state index in [1.165, 1.54) is 23.9 Å².